The van der Waals surface area contributed by atoms with Gasteiger partial charge in [0.25, 0.3) is 0 Å². The number of pyridine rings is 1. The first-order valence-corrected chi connectivity index (χ1v) is 5.27. The van der Waals surface area contributed by atoms with E-state index in [4.69, 9.17) is 16.3 Å². The quantitative estimate of drug-likeness (QED) is 0.616. The maximum atomic E-state index is 5.73. The zero-order valence-electron chi connectivity index (χ0n) is 9.10. The van der Waals surface area contributed by atoms with E-state index in [2.05, 4.69) is 18.8 Å². The van der Waals surface area contributed by atoms with E-state index in [1.54, 1.807) is 6.07 Å². The molecule has 0 unspecified atom stereocenters. The van der Waals surface area contributed by atoms with E-state index in [1.165, 1.54) is 0 Å². The molecule has 1 aliphatic rings. The number of hydrogen-bond donors (Lipinski definition) is 0. The first kappa shape index (κ1) is 11.3. The topological polar surface area (TPSA) is 22.1 Å². The summed E-state index contributed by atoms with van der Waals surface area (Å²) in [7, 11) is 0. The molecule has 2 nitrogen and oxygen atoms in total. The van der Waals surface area contributed by atoms with Gasteiger partial charge in [-0.25, -0.2) is 4.98 Å². The first-order chi connectivity index (χ1) is 6.59. The Morgan fingerprint density at radius 2 is 2.00 bits per heavy atom. The molecular weight excluding hydrogens is 198 g/mol. The van der Waals surface area contributed by atoms with Crippen LogP contribution in [0.4, 0.5) is 0 Å². The molecule has 1 aliphatic heterocycles. The molecule has 0 atom stereocenters. The Labute approximate surface area is 90.3 Å². The van der Waals surface area contributed by atoms with Crippen LogP contribution in [0.3, 0.4) is 0 Å². The van der Waals surface area contributed by atoms with E-state index in [0.717, 1.165) is 5.56 Å². The summed E-state index contributed by atoms with van der Waals surface area (Å²) in [5.74, 6) is 0.688. The summed E-state index contributed by atoms with van der Waals surface area (Å²) >= 11 is 5.73. The van der Waals surface area contributed by atoms with Crippen molar-refractivity contribution in [3.8, 4) is 5.88 Å². The fourth-order valence-electron chi connectivity index (χ4n) is 1.37. The Kier molecular flexibility index (Phi) is 3.38. The Bertz CT molecular complexity index is 323. The lowest BCUT2D eigenvalue weighted by atomic mass is 9.88. The number of ether oxygens (including phenoxy) is 1. The van der Waals surface area contributed by atoms with Crippen molar-refractivity contribution >= 4 is 11.6 Å². The van der Waals surface area contributed by atoms with Crippen molar-refractivity contribution in [2.45, 2.75) is 33.1 Å². The summed E-state index contributed by atoms with van der Waals surface area (Å²) in [4.78, 5) is 4.09. The fraction of sp³-hybridized carbons (Fsp3) is 0.545. The lowest BCUT2D eigenvalue weighted by Crippen LogP contribution is -2.18. The number of aromatic nitrogens is 1. The lowest BCUT2D eigenvalue weighted by molar-refractivity contribution is 0.284. The molecule has 1 aromatic heterocycles. The van der Waals surface area contributed by atoms with Crippen LogP contribution in [-0.2, 0) is 5.41 Å². The Hall–Kier alpha value is -0.760. The third kappa shape index (κ3) is 2.01. The minimum absolute atomic E-state index is 0.0763. The summed E-state index contributed by atoms with van der Waals surface area (Å²) in [6, 6.07) is 3.79. The molecule has 0 aromatic carbocycles. The maximum Gasteiger partial charge on any atom is 0.218 e. The van der Waals surface area contributed by atoms with E-state index >= 15 is 0 Å². The minimum Gasteiger partial charge on any atom is -0.476 e. The van der Waals surface area contributed by atoms with Gasteiger partial charge < -0.3 is 4.74 Å². The largest absolute Gasteiger partial charge is 0.476 e. The van der Waals surface area contributed by atoms with E-state index in [0.29, 0.717) is 17.6 Å². The highest BCUT2D eigenvalue weighted by molar-refractivity contribution is 6.29. The van der Waals surface area contributed by atoms with Crippen LogP contribution in [0.25, 0.3) is 0 Å². The highest BCUT2D eigenvalue weighted by Crippen LogP contribution is 2.37. The molecular formula is C11H16ClNO. The van der Waals surface area contributed by atoms with Crippen molar-refractivity contribution in [3.05, 3.63) is 22.8 Å². The van der Waals surface area contributed by atoms with Gasteiger partial charge in [0, 0.05) is 11.0 Å². The molecule has 0 aliphatic carbocycles. The van der Waals surface area contributed by atoms with Crippen LogP contribution < -0.4 is 4.74 Å². The third-order valence-electron chi connectivity index (χ3n) is 2.13. The molecule has 0 N–H and O–H groups in total. The average molecular weight is 214 g/mol. The first-order valence-electron chi connectivity index (χ1n) is 4.89. The highest BCUT2D eigenvalue weighted by atomic mass is 35.5. The minimum atomic E-state index is 0.0763. The summed E-state index contributed by atoms with van der Waals surface area (Å²) in [5, 5.41) is 0.492. The molecule has 0 saturated carbocycles. The molecule has 2 heterocycles. The van der Waals surface area contributed by atoms with E-state index in [-0.39, 0.29) is 5.41 Å². The molecule has 0 amide bonds. The Morgan fingerprint density at radius 3 is 2.64 bits per heavy atom. The summed E-state index contributed by atoms with van der Waals surface area (Å²) in [6.45, 7) is 8.96. The molecule has 1 aromatic rings. The van der Waals surface area contributed by atoms with Crippen molar-refractivity contribution in [2.75, 3.05) is 6.61 Å². The molecule has 0 fully saturated rings. The average Bonchev–Trinajstić information content (AvgIpc) is 2.45. The Morgan fingerprint density at radius 1 is 1.36 bits per heavy atom. The number of rotatable bonds is 0. The fourth-order valence-corrected chi connectivity index (χ4v) is 1.51. The zero-order chi connectivity index (χ0) is 10.8. The van der Waals surface area contributed by atoms with Gasteiger partial charge in [-0.2, -0.15) is 0 Å². The van der Waals surface area contributed by atoms with Gasteiger partial charge in [-0.3, -0.25) is 0 Å². The van der Waals surface area contributed by atoms with Gasteiger partial charge in [0.05, 0.1) is 6.61 Å². The van der Waals surface area contributed by atoms with Gasteiger partial charge in [0.1, 0.15) is 5.15 Å². The summed E-state index contributed by atoms with van der Waals surface area (Å²) in [5.41, 5.74) is 1.22. The molecule has 0 saturated heterocycles. The van der Waals surface area contributed by atoms with Gasteiger partial charge in [0.2, 0.25) is 5.88 Å². The van der Waals surface area contributed by atoms with Crippen molar-refractivity contribution in [3.63, 3.8) is 0 Å². The van der Waals surface area contributed by atoms with Crippen molar-refractivity contribution < 1.29 is 4.74 Å². The van der Waals surface area contributed by atoms with Crippen LogP contribution in [0.1, 0.15) is 33.3 Å². The standard InChI is InChI=1S/C9H10ClNO.C2H6/c1-9(2)5-12-8-6(9)3-4-7(10)11-8;1-2/h3-4H,5H2,1-2H3;1-2H3. The Balaban J connectivity index is 0.000000461. The van der Waals surface area contributed by atoms with Gasteiger partial charge in [0.15, 0.2) is 0 Å². The van der Waals surface area contributed by atoms with Gasteiger partial charge >= 0.3 is 0 Å². The third-order valence-corrected chi connectivity index (χ3v) is 2.34. The summed E-state index contributed by atoms with van der Waals surface area (Å²) < 4.78 is 5.40. The second kappa shape index (κ2) is 4.18. The molecule has 0 spiro atoms. The lowest BCUT2D eigenvalue weighted by Gasteiger charge is -2.13. The SMILES string of the molecule is CC.CC1(C)COc2nc(Cl)ccc21. The molecule has 0 radical (unpaired) electrons. The van der Waals surface area contributed by atoms with Crippen molar-refractivity contribution in [1.29, 1.82) is 0 Å². The number of fused-ring (bicyclic) bond motifs is 1. The second-order valence-corrected chi connectivity index (χ2v) is 4.05. The van der Waals surface area contributed by atoms with Crippen LogP contribution in [0, 0.1) is 0 Å². The van der Waals surface area contributed by atoms with Crippen LogP contribution in [-0.4, -0.2) is 11.6 Å². The number of hydrogen-bond acceptors (Lipinski definition) is 2. The van der Waals surface area contributed by atoms with Crippen molar-refractivity contribution in [2.24, 2.45) is 0 Å². The van der Waals surface area contributed by atoms with Gasteiger partial charge in [-0.05, 0) is 12.1 Å². The normalized spacial score (nSPS) is 16.4. The molecule has 14 heavy (non-hydrogen) atoms. The summed E-state index contributed by atoms with van der Waals surface area (Å²) in [6.07, 6.45) is 0. The number of nitrogens with zero attached hydrogens (tertiary/aromatic N) is 1. The van der Waals surface area contributed by atoms with E-state index < -0.39 is 0 Å². The molecule has 0 bridgehead atoms. The second-order valence-electron chi connectivity index (χ2n) is 3.66. The number of halogens is 1. The van der Waals surface area contributed by atoms with Crippen LogP contribution in [0.2, 0.25) is 5.15 Å². The predicted octanol–water partition coefficient (Wildman–Crippen LogP) is 3.43. The van der Waals surface area contributed by atoms with Crippen LogP contribution in [0.5, 0.6) is 5.88 Å². The molecule has 78 valence electrons. The van der Waals surface area contributed by atoms with Gasteiger partial charge in [-0.15, -0.1) is 0 Å². The molecule has 2 rings (SSSR count). The zero-order valence-corrected chi connectivity index (χ0v) is 9.85. The maximum absolute atomic E-state index is 5.73. The van der Waals surface area contributed by atoms with E-state index in [1.807, 2.05) is 19.9 Å². The smallest absolute Gasteiger partial charge is 0.218 e. The van der Waals surface area contributed by atoms with Crippen molar-refractivity contribution in [1.82, 2.24) is 4.98 Å². The monoisotopic (exact) mass is 213 g/mol. The van der Waals surface area contributed by atoms with Gasteiger partial charge in [-0.1, -0.05) is 39.3 Å². The van der Waals surface area contributed by atoms with Crippen LogP contribution in [0.15, 0.2) is 12.1 Å². The highest BCUT2D eigenvalue weighted by Gasteiger charge is 2.32. The van der Waals surface area contributed by atoms with Crippen LogP contribution >= 0.6 is 11.6 Å². The molecule has 3 heteroatoms. The van der Waals surface area contributed by atoms with E-state index in [9.17, 15) is 0 Å². The predicted molar refractivity (Wildman–Crippen MR) is 59.1 cm³/mol.